The molecule has 0 saturated carbocycles. The van der Waals surface area contributed by atoms with Gasteiger partial charge >= 0.3 is 0 Å². The van der Waals surface area contributed by atoms with Crippen LogP contribution in [0, 0.1) is 5.82 Å². The molecule has 2 nitrogen and oxygen atoms in total. The largest absolute Gasteiger partial charge is 0.486 e. The average Bonchev–Trinajstić information content (AvgIpc) is 2.39. The molecule has 21 heavy (non-hydrogen) atoms. The molecule has 0 amide bonds. The molecule has 7 heteroatoms. The van der Waals surface area contributed by atoms with E-state index in [2.05, 4.69) is 0 Å². The van der Waals surface area contributed by atoms with Crippen LogP contribution >= 0.6 is 46.4 Å². The maximum Gasteiger partial charge on any atom is 0.252 e. The number of hydrogen-bond acceptors (Lipinski definition) is 2. The first-order valence-corrected chi connectivity index (χ1v) is 7.15. The van der Waals surface area contributed by atoms with Crippen LogP contribution in [-0.4, -0.2) is 5.24 Å². The van der Waals surface area contributed by atoms with E-state index in [-0.39, 0.29) is 33.0 Å². The summed E-state index contributed by atoms with van der Waals surface area (Å²) in [6.07, 6.45) is 0. The second kappa shape index (κ2) is 6.84. The fourth-order valence-corrected chi connectivity index (χ4v) is 2.53. The van der Waals surface area contributed by atoms with Crippen molar-refractivity contribution in [1.82, 2.24) is 0 Å². The van der Waals surface area contributed by atoms with Crippen LogP contribution in [0.15, 0.2) is 30.3 Å². The Morgan fingerprint density at radius 2 is 1.67 bits per heavy atom. The Hall–Kier alpha value is -1.000. The van der Waals surface area contributed by atoms with Gasteiger partial charge < -0.3 is 4.74 Å². The Bertz CT molecular complexity index is 680. The Morgan fingerprint density at radius 1 is 1.05 bits per heavy atom. The predicted octanol–water partition coefficient (Wildman–Crippen LogP) is 5.74. The molecule has 0 aromatic heterocycles. The van der Waals surface area contributed by atoms with Gasteiger partial charge in [0.2, 0.25) is 0 Å². The van der Waals surface area contributed by atoms with E-state index in [9.17, 15) is 9.18 Å². The zero-order valence-corrected chi connectivity index (χ0v) is 13.3. The van der Waals surface area contributed by atoms with Crippen LogP contribution in [0.2, 0.25) is 15.1 Å². The van der Waals surface area contributed by atoms with Gasteiger partial charge in [0, 0.05) is 11.1 Å². The highest BCUT2D eigenvalue weighted by molar-refractivity contribution is 6.68. The SMILES string of the molecule is O=C(Cl)c1cc(Cl)c(OCc2ccc(F)cc2Cl)c(Cl)c1. The summed E-state index contributed by atoms with van der Waals surface area (Å²) >= 11 is 23.2. The Balaban J connectivity index is 2.22. The molecular weight excluding hydrogens is 361 g/mol. The van der Waals surface area contributed by atoms with Crippen molar-refractivity contribution in [2.75, 3.05) is 0 Å². The van der Waals surface area contributed by atoms with Crippen LogP contribution in [0.25, 0.3) is 0 Å². The van der Waals surface area contributed by atoms with Gasteiger partial charge in [0.25, 0.3) is 5.24 Å². The number of carbonyl (C=O) groups excluding carboxylic acids is 1. The van der Waals surface area contributed by atoms with Crippen molar-refractivity contribution >= 4 is 51.6 Å². The summed E-state index contributed by atoms with van der Waals surface area (Å²) in [6.45, 7) is 0.0483. The summed E-state index contributed by atoms with van der Waals surface area (Å²) in [6, 6.07) is 6.65. The zero-order valence-electron chi connectivity index (χ0n) is 10.3. The molecule has 2 rings (SSSR count). The molecule has 0 fully saturated rings. The molecule has 0 saturated heterocycles. The average molecular weight is 368 g/mol. The van der Waals surface area contributed by atoms with Gasteiger partial charge in [-0.3, -0.25) is 4.79 Å². The zero-order chi connectivity index (χ0) is 15.6. The van der Waals surface area contributed by atoms with Crippen molar-refractivity contribution in [3.05, 3.63) is 62.3 Å². The normalized spacial score (nSPS) is 10.5. The van der Waals surface area contributed by atoms with Gasteiger partial charge in [-0.05, 0) is 35.9 Å². The van der Waals surface area contributed by atoms with E-state index in [1.54, 1.807) is 0 Å². The van der Waals surface area contributed by atoms with E-state index in [1.807, 2.05) is 0 Å². The van der Waals surface area contributed by atoms with Crippen LogP contribution < -0.4 is 4.74 Å². The Kier molecular flexibility index (Phi) is 5.33. The minimum absolute atomic E-state index is 0.0483. The van der Waals surface area contributed by atoms with E-state index in [0.717, 1.165) is 0 Å². The monoisotopic (exact) mass is 366 g/mol. The lowest BCUT2D eigenvalue weighted by Crippen LogP contribution is -1.99. The second-order valence-electron chi connectivity index (χ2n) is 4.07. The highest BCUT2D eigenvalue weighted by Gasteiger charge is 2.13. The van der Waals surface area contributed by atoms with E-state index < -0.39 is 11.1 Å². The summed E-state index contributed by atoms with van der Waals surface area (Å²) in [5.41, 5.74) is 0.738. The summed E-state index contributed by atoms with van der Waals surface area (Å²) in [5, 5.41) is -0.156. The van der Waals surface area contributed by atoms with E-state index in [0.29, 0.717) is 5.56 Å². The summed E-state index contributed by atoms with van der Waals surface area (Å²) in [7, 11) is 0. The lowest BCUT2D eigenvalue weighted by atomic mass is 10.2. The molecular formula is C14H7Cl4FO2. The van der Waals surface area contributed by atoms with Crippen LogP contribution in [-0.2, 0) is 6.61 Å². The molecule has 2 aromatic rings. The molecule has 0 radical (unpaired) electrons. The van der Waals surface area contributed by atoms with Crippen molar-refractivity contribution in [1.29, 1.82) is 0 Å². The topological polar surface area (TPSA) is 26.3 Å². The van der Waals surface area contributed by atoms with Crippen molar-refractivity contribution in [2.45, 2.75) is 6.61 Å². The fourth-order valence-electron chi connectivity index (χ4n) is 1.60. The quantitative estimate of drug-likeness (QED) is 0.643. The molecule has 0 spiro atoms. The minimum Gasteiger partial charge on any atom is -0.486 e. The smallest absolute Gasteiger partial charge is 0.252 e. The molecule has 0 aliphatic rings. The number of halogens is 5. The molecule has 0 unspecified atom stereocenters. The number of rotatable bonds is 4. The van der Waals surface area contributed by atoms with Gasteiger partial charge in [-0.1, -0.05) is 40.9 Å². The summed E-state index contributed by atoms with van der Waals surface area (Å²) < 4.78 is 18.4. The first kappa shape index (κ1) is 16.4. The molecule has 0 atom stereocenters. The number of ether oxygens (including phenoxy) is 1. The molecule has 0 N–H and O–H groups in total. The van der Waals surface area contributed by atoms with Crippen molar-refractivity contribution in [3.8, 4) is 5.75 Å². The van der Waals surface area contributed by atoms with E-state index >= 15 is 0 Å². The third kappa shape index (κ3) is 4.01. The van der Waals surface area contributed by atoms with Gasteiger partial charge in [0.1, 0.15) is 12.4 Å². The Morgan fingerprint density at radius 3 is 2.19 bits per heavy atom. The molecule has 0 bridgehead atoms. The molecule has 0 heterocycles. The van der Waals surface area contributed by atoms with Crippen LogP contribution in [0.3, 0.4) is 0 Å². The summed E-state index contributed by atoms with van der Waals surface area (Å²) in [4.78, 5) is 11.1. The number of carbonyl (C=O) groups is 1. The molecule has 0 aliphatic heterocycles. The Labute approximate surface area is 140 Å². The summed E-state index contributed by atoms with van der Waals surface area (Å²) in [5.74, 6) is -0.245. The molecule has 110 valence electrons. The van der Waals surface area contributed by atoms with Gasteiger partial charge in [-0.25, -0.2) is 4.39 Å². The van der Waals surface area contributed by atoms with Crippen molar-refractivity contribution in [2.24, 2.45) is 0 Å². The second-order valence-corrected chi connectivity index (χ2v) is 5.63. The highest BCUT2D eigenvalue weighted by Crippen LogP contribution is 2.35. The third-order valence-electron chi connectivity index (χ3n) is 2.61. The van der Waals surface area contributed by atoms with Crippen LogP contribution in [0.1, 0.15) is 15.9 Å². The minimum atomic E-state index is -0.674. The highest BCUT2D eigenvalue weighted by atomic mass is 35.5. The predicted molar refractivity (Wildman–Crippen MR) is 82.4 cm³/mol. The maximum atomic E-state index is 12.9. The lowest BCUT2D eigenvalue weighted by Gasteiger charge is -2.11. The molecule has 0 aliphatic carbocycles. The van der Waals surface area contributed by atoms with E-state index in [4.69, 9.17) is 51.1 Å². The number of benzene rings is 2. The molecule has 2 aromatic carbocycles. The maximum absolute atomic E-state index is 12.9. The van der Waals surface area contributed by atoms with Gasteiger partial charge in [0.05, 0.1) is 15.1 Å². The van der Waals surface area contributed by atoms with E-state index in [1.165, 1.54) is 30.3 Å². The first-order chi connectivity index (χ1) is 9.88. The van der Waals surface area contributed by atoms with Crippen LogP contribution in [0.5, 0.6) is 5.75 Å². The van der Waals surface area contributed by atoms with Gasteiger partial charge in [-0.15, -0.1) is 0 Å². The standard InChI is InChI=1S/C14H7Cl4FO2/c15-10-5-9(19)2-1-7(10)6-21-13-11(16)3-8(14(18)20)4-12(13)17/h1-5H,6H2. The number of hydrogen-bond donors (Lipinski definition) is 0. The third-order valence-corrected chi connectivity index (χ3v) is 3.74. The van der Waals surface area contributed by atoms with Gasteiger partial charge in [0.15, 0.2) is 5.75 Å². The van der Waals surface area contributed by atoms with Crippen molar-refractivity contribution < 1.29 is 13.9 Å². The van der Waals surface area contributed by atoms with Crippen molar-refractivity contribution in [3.63, 3.8) is 0 Å². The fraction of sp³-hybridized carbons (Fsp3) is 0.0714. The lowest BCUT2D eigenvalue weighted by molar-refractivity contribution is 0.108. The first-order valence-electron chi connectivity index (χ1n) is 5.64. The van der Waals surface area contributed by atoms with Crippen LogP contribution in [0.4, 0.5) is 4.39 Å². The van der Waals surface area contributed by atoms with Gasteiger partial charge in [-0.2, -0.15) is 0 Å².